The van der Waals surface area contributed by atoms with E-state index in [4.69, 9.17) is 0 Å². The fourth-order valence-corrected chi connectivity index (χ4v) is 4.33. The molecule has 158 valence electrons. The lowest BCUT2D eigenvalue weighted by Crippen LogP contribution is -2.31. The molecule has 1 saturated carbocycles. The molecule has 3 aromatic rings. The van der Waals surface area contributed by atoms with Gasteiger partial charge in [-0.25, -0.2) is 0 Å². The largest absolute Gasteiger partial charge is 0.350 e. The normalized spacial score (nSPS) is 19.2. The number of hydrogen-bond acceptors (Lipinski definition) is 4. The number of nitrogens with zero attached hydrogens (tertiary/aromatic N) is 3. The number of aryl methyl sites for hydroxylation is 1. The molecule has 0 atom stereocenters. The summed E-state index contributed by atoms with van der Waals surface area (Å²) in [4.78, 5) is 16.6. The number of rotatable bonds is 6. The third-order valence-electron chi connectivity index (χ3n) is 6.24. The molecule has 0 bridgehead atoms. The van der Waals surface area contributed by atoms with Crippen LogP contribution in [0, 0.1) is 12.8 Å². The molecule has 0 radical (unpaired) electrons. The second kappa shape index (κ2) is 8.81. The molecule has 3 aromatic heterocycles. The van der Waals surface area contributed by atoms with Gasteiger partial charge in [0, 0.05) is 41.8 Å². The average molecular weight is 407 g/mol. The van der Waals surface area contributed by atoms with Crippen molar-refractivity contribution in [1.29, 1.82) is 0 Å². The monoisotopic (exact) mass is 406 g/mol. The Bertz CT molecular complexity index is 997. The molecule has 0 aromatic carbocycles. The fourth-order valence-electron chi connectivity index (χ4n) is 4.33. The van der Waals surface area contributed by atoms with Crippen LogP contribution in [0.3, 0.4) is 0 Å². The van der Waals surface area contributed by atoms with Crippen LogP contribution in [0.2, 0.25) is 0 Å². The van der Waals surface area contributed by atoms with Crippen molar-refractivity contribution in [3.8, 4) is 11.1 Å². The average Bonchev–Trinajstić information content (AvgIpc) is 3.43. The van der Waals surface area contributed by atoms with Gasteiger partial charge in [-0.3, -0.25) is 20.0 Å². The van der Waals surface area contributed by atoms with Gasteiger partial charge in [0.05, 0.1) is 6.20 Å². The van der Waals surface area contributed by atoms with Gasteiger partial charge in [0.1, 0.15) is 5.69 Å². The van der Waals surface area contributed by atoms with Gasteiger partial charge >= 0.3 is 0 Å². The van der Waals surface area contributed by atoms with Crippen molar-refractivity contribution in [3.63, 3.8) is 0 Å². The molecular weight excluding hydrogens is 376 g/mol. The second-order valence-electron chi connectivity index (χ2n) is 8.68. The predicted molar refractivity (Wildman–Crippen MR) is 116 cm³/mol. The van der Waals surface area contributed by atoms with Gasteiger partial charge in [0.25, 0.3) is 5.91 Å². The van der Waals surface area contributed by atoms with Gasteiger partial charge in [-0.05, 0) is 67.7 Å². The zero-order chi connectivity index (χ0) is 21.1. The van der Waals surface area contributed by atoms with Gasteiger partial charge in [-0.2, -0.15) is 10.2 Å². The van der Waals surface area contributed by atoms with E-state index in [0.717, 1.165) is 36.9 Å². The molecule has 7 nitrogen and oxygen atoms in total. The van der Waals surface area contributed by atoms with E-state index >= 15 is 0 Å². The molecule has 0 unspecified atom stereocenters. The Hall–Kier alpha value is -2.96. The molecule has 0 saturated heterocycles. The summed E-state index contributed by atoms with van der Waals surface area (Å²) >= 11 is 0. The van der Waals surface area contributed by atoms with Crippen molar-refractivity contribution in [3.05, 3.63) is 53.4 Å². The summed E-state index contributed by atoms with van der Waals surface area (Å²) in [7, 11) is 0. The summed E-state index contributed by atoms with van der Waals surface area (Å²) in [6.07, 6.45) is 10.0. The standard InChI is InChI=1S/C23H30N6O/c1-14(2)20-10-21(28-27-20)23(30)25-12-16-4-6-17(7-5-16)22-19(13-26-29-22)18-8-9-24-11-15(18)3/h8-11,13-14,16-17H,4-7,12H2,1-3H3,(H,25,30)(H,26,29)(H,27,28). The first-order valence-electron chi connectivity index (χ1n) is 10.8. The van der Waals surface area contributed by atoms with Crippen molar-refractivity contribution in [2.24, 2.45) is 5.92 Å². The third-order valence-corrected chi connectivity index (χ3v) is 6.24. The van der Waals surface area contributed by atoms with Crippen LogP contribution < -0.4 is 5.32 Å². The minimum absolute atomic E-state index is 0.0933. The van der Waals surface area contributed by atoms with Crippen LogP contribution in [0.15, 0.2) is 30.7 Å². The van der Waals surface area contributed by atoms with Crippen LogP contribution >= 0.6 is 0 Å². The molecule has 3 N–H and O–H groups in total. The van der Waals surface area contributed by atoms with Crippen LogP contribution in [-0.4, -0.2) is 37.8 Å². The second-order valence-corrected chi connectivity index (χ2v) is 8.68. The molecule has 3 heterocycles. The van der Waals surface area contributed by atoms with E-state index < -0.39 is 0 Å². The fraction of sp³-hybridized carbons (Fsp3) is 0.478. The maximum absolute atomic E-state index is 12.4. The van der Waals surface area contributed by atoms with Crippen molar-refractivity contribution >= 4 is 5.91 Å². The highest BCUT2D eigenvalue weighted by Gasteiger charge is 2.26. The van der Waals surface area contributed by atoms with Crippen molar-refractivity contribution in [2.45, 2.75) is 58.3 Å². The van der Waals surface area contributed by atoms with E-state index in [0.29, 0.717) is 30.0 Å². The predicted octanol–water partition coefficient (Wildman–Crippen LogP) is 4.33. The molecule has 4 rings (SSSR count). The highest BCUT2D eigenvalue weighted by Crippen LogP contribution is 2.39. The minimum atomic E-state index is -0.0933. The summed E-state index contributed by atoms with van der Waals surface area (Å²) in [5.74, 6) is 1.21. The lowest BCUT2D eigenvalue weighted by atomic mass is 9.79. The lowest BCUT2D eigenvalue weighted by molar-refractivity contribution is 0.0938. The molecule has 1 aliphatic carbocycles. The quantitative estimate of drug-likeness (QED) is 0.567. The van der Waals surface area contributed by atoms with Gasteiger partial charge in [-0.1, -0.05) is 13.8 Å². The molecule has 1 aliphatic rings. The Morgan fingerprint density at radius 1 is 1.17 bits per heavy atom. The number of amides is 1. The number of nitrogens with one attached hydrogen (secondary N) is 3. The molecule has 7 heteroatoms. The number of H-pyrrole nitrogens is 2. The first-order chi connectivity index (χ1) is 14.5. The number of carbonyl (C=O) groups excluding carboxylic acids is 1. The van der Waals surface area contributed by atoms with E-state index in [1.165, 1.54) is 16.8 Å². The Morgan fingerprint density at radius 2 is 1.97 bits per heavy atom. The van der Waals surface area contributed by atoms with Crippen molar-refractivity contribution < 1.29 is 4.79 Å². The van der Waals surface area contributed by atoms with E-state index in [1.54, 1.807) is 0 Å². The van der Waals surface area contributed by atoms with Gasteiger partial charge < -0.3 is 5.32 Å². The summed E-state index contributed by atoms with van der Waals surface area (Å²) in [5, 5.41) is 17.7. The van der Waals surface area contributed by atoms with Crippen molar-refractivity contribution in [2.75, 3.05) is 6.54 Å². The summed E-state index contributed by atoms with van der Waals surface area (Å²) in [6, 6.07) is 3.91. The SMILES string of the molecule is Cc1cnccc1-c1cn[nH]c1C1CCC(CNC(=O)c2cc(C(C)C)[nH]n2)CC1. The van der Waals surface area contributed by atoms with Crippen LogP contribution in [-0.2, 0) is 0 Å². The topological polar surface area (TPSA) is 99.4 Å². The minimum Gasteiger partial charge on any atom is -0.350 e. The Balaban J connectivity index is 1.32. The first-order valence-corrected chi connectivity index (χ1v) is 10.8. The molecule has 1 amide bonds. The van der Waals surface area contributed by atoms with Gasteiger partial charge in [0.2, 0.25) is 0 Å². The maximum atomic E-state index is 12.4. The van der Waals surface area contributed by atoms with Gasteiger partial charge in [0.15, 0.2) is 0 Å². The van der Waals surface area contributed by atoms with Crippen LogP contribution in [0.5, 0.6) is 0 Å². The lowest BCUT2D eigenvalue weighted by Gasteiger charge is -2.28. The number of hydrogen-bond donors (Lipinski definition) is 3. The van der Waals surface area contributed by atoms with E-state index in [9.17, 15) is 4.79 Å². The van der Waals surface area contributed by atoms with Crippen LogP contribution in [0.25, 0.3) is 11.1 Å². The first kappa shape index (κ1) is 20.3. The summed E-state index contributed by atoms with van der Waals surface area (Å²) in [6.45, 7) is 6.94. The van der Waals surface area contributed by atoms with Crippen LogP contribution in [0.1, 0.15) is 78.8 Å². The number of pyridine rings is 1. The molecule has 1 fully saturated rings. The molecule has 0 spiro atoms. The third kappa shape index (κ3) is 4.30. The molecule has 30 heavy (non-hydrogen) atoms. The molecular formula is C23H30N6O. The van der Waals surface area contributed by atoms with E-state index in [1.807, 2.05) is 24.7 Å². The Morgan fingerprint density at radius 3 is 2.67 bits per heavy atom. The summed E-state index contributed by atoms with van der Waals surface area (Å²) in [5.41, 5.74) is 6.23. The highest BCUT2D eigenvalue weighted by atomic mass is 16.1. The number of carbonyl (C=O) groups is 1. The smallest absolute Gasteiger partial charge is 0.271 e. The Kier molecular flexibility index (Phi) is 5.97. The zero-order valence-corrected chi connectivity index (χ0v) is 17.9. The molecule has 0 aliphatic heterocycles. The number of aromatic nitrogens is 5. The highest BCUT2D eigenvalue weighted by molar-refractivity contribution is 5.92. The van der Waals surface area contributed by atoms with Crippen LogP contribution in [0.4, 0.5) is 0 Å². The number of aromatic amines is 2. The Labute approximate surface area is 177 Å². The van der Waals surface area contributed by atoms with E-state index in [2.05, 4.69) is 57.5 Å². The maximum Gasteiger partial charge on any atom is 0.271 e. The zero-order valence-electron chi connectivity index (χ0n) is 17.9. The van der Waals surface area contributed by atoms with Gasteiger partial charge in [-0.15, -0.1) is 0 Å². The van der Waals surface area contributed by atoms with Crippen molar-refractivity contribution in [1.82, 2.24) is 30.7 Å². The van der Waals surface area contributed by atoms with E-state index in [-0.39, 0.29) is 5.91 Å². The summed E-state index contributed by atoms with van der Waals surface area (Å²) < 4.78 is 0.